The number of aliphatic imine (C=N–C) groups is 1. The van der Waals surface area contributed by atoms with Gasteiger partial charge in [-0.3, -0.25) is 0 Å². The lowest BCUT2D eigenvalue weighted by Gasteiger charge is -2.06. The zero-order valence-electron chi connectivity index (χ0n) is 11.9. The highest BCUT2D eigenvalue weighted by molar-refractivity contribution is 5.79. The van der Waals surface area contributed by atoms with E-state index in [0.717, 1.165) is 11.6 Å². The molecule has 0 aromatic heterocycles. The van der Waals surface area contributed by atoms with Gasteiger partial charge in [-0.25, -0.2) is 4.99 Å². The Morgan fingerprint density at radius 3 is 2.28 bits per heavy atom. The summed E-state index contributed by atoms with van der Waals surface area (Å²) in [5, 5.41) is 0. The molecule has 3 nitrogen and oxygen atoms in total. The van der Waals surface area contributed by atoms with Gasteiger partial charge >= 0.3 is 0 Å². The molecule has 1 atom stereocenters. The molecule has 3 heteroatoms. The maximum Gasteiger partial charge on any atom is 0.186 e. The molecule has 0 aliphatic carbocycles. The highest BCUT2D eigenvalue weighted by atomic mass is 16.5. The number of hydrogen-bond acceptors (Lipinski definition) is 3. The van der Waals surface area contributed by atoms with Crippen molar-refractivity contribution in [2.75, 3.05) is 13.7 Å². The van der Waals surface area contributed by atoms with Crippen molar-refractivity contribution in [2.45, 2.75) is 33.7 Å². The smallest absolute Gasteiger partial charge is 0.186 e. The van der Waals surface area contributed by atoms with E-state index in [1.807, 2.05) is 38.1 Å². The zero-order chi connectivity index (χ0) is 13.5. The fraction of sp³-hybridized carbons (Fsp3) is 0.533. The van der Waals surface area contributed by atoms with Crippen molar-refractivity contribution < 1.29 is 9.47 Å². The molecule has 0 saturated carbocycles. The second-order valence-electron chi connectivity index (χ2n) is 4.22. The normalized spacial score (nSPS) is 17.7. The molecule has 1 unspecified atom stereocenters. The highest BCUT2D eigenvalue weighted by Gasteiger charge is 2.22. The van der Waals surface area contributed by atoms with Gasteiger partial charge in [0.25, 0.3) is 0 Å². The molecule has 100 valence electrons. The third kappa shape index (κ3) is 3.49. The Morgan fingerprint density at radius 2 is 1.83 bits per heavy atom. The highest BCUT2D eigenvalue weighted by Crippen LogP contribution is 2.26. The molecule has 1 heterocycles. The summed E-state index contributed by atoms with van der Waals surface area (Å²) in [5.74, 6) is 2.10. The van der Waals surface area contributed by atoms with Crippen LogP contribution < -0.4 is 4.74 Å². The average molecular weight is 249 g/mol. The fourth-order valence-corrected chi connectivity index (χ4v) is 1.71. The summed E-state index contributed by atoms with van der Waals surface area (Å²) in [7, 11) is 1.67. The van der Waals surface area contributed by atoms with Gasteiger partial charge in [0.2, 0.25) is 0 Å². The van der Waals surface area contributed by atoms with Crippen LogP contribution in [0, 0.1) is 5.92 Å². The Labute approximate surface area is 110 Å². The van der Waals surface area contributed by atoms with Crippen LogP contribution in [0.1, 0.15) is 39.3 Å². The van der Waals surface area contributed by atoms with E-state index in [-0.39, 0.29) is 6.04 Å². The topological polar surface area (TPSA) is 30.8 Å². The van der Waals surface area contributed by atoms with Crippen LogP contribution in [-0.4, -0.2) is 19.6 Å². The van der Waals surface area contributed by atoms with Gasteiger partial charge < -0.3 is 9.47 Å². The molecule has 1 aliphatic rings. The molecule has 0 radical (unpaired) electrons. The quantitative estimate of drug-likeness (QED) is 0.814. The Bertz CT molecular complexity index is 382. The molecule has 0 N–H and O–H groups in total. The second kappa shape index (κ2) is 7.04. The maximum absolute atomic E-state index is 5.56. The molecular formula is C15H23NO2. The van der Waals surface area contributed by atoms with Crippen LogP contribution in [0.3, 0.4) is 0 Å². The first-order valence-electron chi connectivity index (χ1n) is 6.55. The molecule has 0 fully saturated rings. The lowest BCUT2D eigenvalue weighted by Crippen LogP contribution is -2.06. The lowest BCUT2D eigenvalue weighted by atomic mass is 10.1. The Morgan fingerprint density at radius 1 is 1.22 bits per heavy atom. The minimum absolute atomic E-state index is 0.142. The molecule has 0 bridgehead atoms. The molecule has 1 aliphatic heterocycles. The van der Waals surface area contributed by atoms with Gasteiger partial charge in [-0.15, -0.1) is 0 Å². The van der Waals surface area contributed by atoms with Crippen LogP contribution in [-0.2, 0) is 4.74 Å². The fourth-order valence-electron chi connectivity index (χ4n) is 1.71. The van der Waals surface area contributed by atoms with Crippen LogP contribution >= 0.6 is 0 Å². The summed E-state index contributed by atoms with van der Waals surface area (Å²) >= 11 is 0. The second-order valence-corrected chi connectivity index (χ2v) is 4.22. The van der Waals surface area contributed by atoms with Gasteiger partial charge in [-0.1, -0.05) is 39.8 Å². The minimum Gasteiger partial charge on any atom is -0.497 e. The van der Waals surface area contributed by atoms with Gasteiger partial charge in [0.15, 0.2) is 5.90 Å². The van der Waals surface area contributed by atoms with Crippen molar-refractivity contribution >= 4 is 5.90 Å². The van der Waals surface area contributed by atoms with E-state index in [9.17, 15) is 0 Å². The summed E-state index contributed by atoms with van der Waals surface area (Å²) in [6, 6.07) is 8.14. The van der Waals surface area contributed by atoms with E-state index in [2.05, 4.69) is 18.8 Å². The van der Waals surface area contributed by atoms with E-state index in [4.69, 9.17) is 9.47 Å². The van der Waals surface area contributed by atoms with Gasteiger partial charge in [0, 0.05) is 5.92 Å². The third-order valence-corrected chi connectivity index (χ3v) is 2.67. The van der Waals surface area contributed by atoms with Crippen LogP contribution in [0.5, 0.6) is 5.75 Å². The van der Waals surface area contributed by atoms with Crippen molar-refractivity contribution in [3.63, 3.8) is 0 Å². The van der Waals surface area contributed by atoms with Crippen molar-refractivity contribution in [2.24, 2.45) is 10.9 Å². The largest absolute Gasteiger partial charge is 0.497 e. The molecule has 18 heavy (non-hydrogen) atoms. The summed E-state index contributed by atoms with van der Waals surface area (Å²) in [6.45, 7) is 8.84. The van der Waals surface area contributed by atoms with E-state index < -0.39 is 0 Å². The SMILES string of the molecule is CC.COc1ccc(C2COC(C(C)C)=N2)cc1. The van der Waals surface area contributed by atoms with Crippen molar-refractivity contribution in [1.29, 1.82) is 0 Å². The summed E-state index contributed by atoms with van der Waals surface area (Å²) in [6.07, 6.45) is 0. The molecule has 1 aromatic rings. The molecular weight excluding hydrogens is 226 g/mol. The monoisotopic (exact) mass is 249 g/mol. The van der Waals surface area contributed by atoms with E-state index in [1.54, 1.807) is 7.11 Å². The molecule has 1 aromatic carbocycles. The van der Waals surface area contributed by atoms with Crippen LogP contribution in [0.4, 0.5) is 0 Å². The first-order valence-corrected chi connectivity index (χ1v) is 6.55. The predicted molar refractivity (Wildman–Crippen MR) is 75.3 cm³/mol. The first kappa shape index (κ1) is 14.6. The van der Waals surface area contributed by atoms with Gasteiger partial charge in [0.1, 0.15) is 18.4 Å². The molecule has 0 saturated heterocycles. The Kier molecular flexibility index (Phi) is 5.69. The summed E-state index contributed by atoms with van der Waals surface area (Å²) < 4.78 is 10.7. The standard InChI is InChI=1S/C13H17NO2.C2H6/c1-9(2)13-14-12(8-16-13)10-4-6-11(15-3)7-5-10;1-2/h4-7,9,12H,8H2,1-3H3;1-2H3. The van der Waals surface area contributed by atoms with Crippen molar-refractivity contribution in [3.05, 3.63) is 29.8 Å². The number of hydrogen-bond donors (Lipinski definition) is 0. The number of nitrogens with zero attached hydrogens (tertiary/aromatic N) is 1. The average Bonchev–Trinajstić information content (AvgIpc) is 2.91. The number of benzene rings is 1. The molecule has 0 spiro atoms. The number of methoxy groups -OCH3 is 1. The Balaban J connectivity index is 0.000000771. The van der Waals surface area contributed by atoms with E-state index >= 15 is 0 Å². The van der Waals surface area contributed by atoms with Gasteiger partial charge in [-0.05, 0) is 17.7 Å². The third-order valence-electron chi connectivity index (χ3n) is 2.67. The summed E-state index contributed by atoms with van der Waals surface area (Å²) in [5.41, 5.74) is 1.18. The van der Waals surface area contributed by atoms with Gasteiger partial charge in [0.05, 0.1) is 7.11 Å². The van der Waals surface area contributed by atoms with Crippen LogP contribution in [0.2, 0.25) is 0 Å². The first-order chi connectivity index (χ1) is 8.70. The van der Waals surface area contributed by atoms with Crippen molar-refractivity contribution in [3.8, 4) is 5.75 Å². The van der Waals surface area contributed by atoms with Gasteiger partial charge in [-0.2, -0.15) is 0 Å². The van der Waals surface area contributed by atoms with E-state index in [0.29, 0.717) is 12.5 Å². The Hall–Kier alpha value is -1.51. The summed E-state index contributed by atoms with van der Waals surface area (Å²) in [4.78, 5) is 4.57. The van der Waals surface area contributed by atoms with Crippen LogP contribution in [0.25, 0.3) is 0 Å². The van der Waals surface area contributed by atoms with E-state index in [1.165, 1.54) is 5.56 Å². The number of ether oxygens (including phenoxy) is 2. The van der Waals surface area contributed by atoms with Crippen LogP contribution in [0.15, 0.2) is 29.3 Å². The minimum atomic E-state index is 0.142. The lowest BCUT2D eigenvalue weighted by molar-refractivity contribution is 0.303. The molecule has 2 rings (SSSR count). The molecule has 0 amide bonds. The predicted octanol–water partition coefficient (Wildman–Crippen LogP) is 3.85. The van der Waals surface area contributed by atoms with Crippen molar-refractivity contribution in [1.82, 2.24) is 0 Å². The zero-order valence-corrected chi connectivity index (χ0v) is 11.9. The maximum atomic E-state index is 5.56. The number of rotatable bonds is 3.